The Labute approximate surface area is 202 Å². The van der Waals surface area contributed by atoms with Crippen molar-refractivity contribution >= 4 is 17.5 Å². The summed E-state index contributed by atoms with van der Waals surface area (Å²) in [5, 5.41) is 3.22. The predicted molar refractivity (Wildman–Crippen MR) is 138 cm³/mol. The van der Waals surface area contributed by atoms with Crippen molar-refractivity contribution in [3.63, 3.8) is 0 Å². The first-order valence-corrected chi connectivity index (χ1v) is 12.4. The van der Waals surface area contributed by atoms with E-state index in [2.05, 4.69) is 34.0 Å². The van der Waals surface area contributed by atoms with E-state index in [1.165, 1.54) is 12.8 Å². The SMILES string of the molecule is CCCC.Cc1ccc2c(c1)Nc1nc(=O)n(C3CCCN(CCCN=C(N)N)CC3)cc1O2. The number of hydrogen-bond donors (Lipinski definition) is 3. The Hall–Kier alpha value is -3.07. The van der Waals surface area contributed by atoms with Gasteiger partial charge in [-0.3, -0.25) is 9.56 Å². The highest BCUT2D eigenvalue weighted by Gasteiger charge is 2.24. The number of rotatable bonds is 6. The summed E-state index contributed by atoms with van der Waals surface area (Å²) >= 11 is 0. The average Bonchev–Trinajstić information content (AvgIpc) is 3.06. The van der Waals surface area contributed by atoms with Gasteiger partial charge in [0.1, 0.15) is 0 Å². The molecule has 0 saturated carbocycles. The Morgan fingerprint density at radius 1 is 1.21 bits per heavy atom. The number of nitrogens with zero attached hydrogens (tertiary/aromatic N) is 4. The number of likely N-dealkylation sites (tertiary alicyclic amines) is 1. The maximum absolute atomic E-state index is 12.7. The minimum Gasteiger partial charge on any atom is -0.450 e. The van der Waals surface area contributed by atoms with E-state index in [0.29, 0.717) is 18.1 Å². The normalized spacial score (nSPS) is 17.1. The van der Waals surface area contributed by atoms with Gasteiger partial charge in [0.2, 0.25) is 0 Å². The second kappa shape index (κ2) is 12.4. The van der Waals surface area contributed by atoms with E-state index in [9.17, 15) is 4.79 Å². The molecular formula is C25H39N7O2. The third-order valence-electron chi connectivity index (χ3n) is 6.14. The number of guanidine groups is 1. The fourth-order valence-corrected chi connectivity index (χ4v) is 4.10. The summed E-state index contributed by atoms with van der Waals surface area (Å²) in [6.45, 7) is 9.90. The van der Waals surface area contributed by atoms with Gasteiger partial charge in [-0.05, 0) is 63.4 Å². The van der Waals surface area contributed by atoms with Crippen molar-refractivity contribution in [2.45, 2.75) is 65.3 Å². The first-order chi connectivity index (χ1) is 16.4. The van der Waals surface area contributed by atoms with E-state index in [-0.39, 0.29) is 17.7 Å². The zero-order valence-electron chi connectivity index (χ0n) is 20.7. The molecular weight excluding hydrogens is 430 g/mol. The topological polar surface area (TPSA) is 124 Å². The van der Waals surface area contributed by atoms with E-state index >= 15 is 0 Å². The number of aliphatic imine (C=N–C) groups is 1. The maximum Gasteiger partial charge on any atom is 0.350 e. The van der Waals surface area contributed by atoms with Crippen LogP contribution in [0.3, 0.4) is 0 Å². The first-order valence-electron chi connectivity index (χ1n) is 12.4. The molecule has 34 heavy (non-hydrogen) atoms. The van der Waals surface area contributed by atoms with Crippen LogP contribution in [0.2, 0.25) is 0 Å². The molecule has 0 aliphatic carbocycles. The number of fused-ring (bicyclic) bond motifs is 2. The maximum atomic E-state index is 12.7. The van der Waals surface area contributed by atoms with Crippen molar-refractivity contribution in [1.82, 2.24) is 14.5 Å². The van der Waals surface area contributed by atoms with Gasteiger partial charge in [-0.2, -0.15) is 4.98 Å². The smallest absolute Gasteiger partial charge is 0.350 e. The van der Waals surface area contributed by atoms with Crippen LogP contribution < -0.4 is 27.2 Å². The van der Waals surface area contributed by atoms with Gasteiger partial charge in [0.05, 0.1) is 11.9 Å². The first kappa shape index (κ1) is 25.6. The van der Waals surface area contributed by atoms with Gasteiger partial charge in [0.25, 0.3) is 0 Å². The molecule has 0 spiro atoms. The monoisotopic (exact) mass is 469 g/mol. The van der Waals surface area contributed by atoms with Crippen molar-refractivity contribution in [3.8, 4) is 11.5 Å². The molecule has 9 heteroatoms. The van der Waals surface area contributed by atoms with Crippen molar-refractivity contribution in [3.05, 3.63) is 40.4 Å². The number of benzene rings is 1. The Kier molecular flexibility index (Phi) is 9.33. The van der Waals surface area contributed by atoms with E-state index in [1.54, 1.807) is 10.8 Å². The lowest BCUT2D eigenvalue weighted by Gasteiger charge is -2.24. The molecule has 0 bridgehead atoms. The van der Waals surface area contributed by atoms with Crippen LogP contribution in [0.5, 0.6) is 11.5 Å². The Morgan fingerprint density at radius 2 is 2.00 bits per heavy atom. The number of unbranched alkanes of at least 4 members (excludes halogenated alkanes) is 1. The van der Waals surface area contributed by atoms with Crippen LogP contribution in [-0.2, 0) is 0 Å². The molecule has 1 saturated heterocycles. The van der Waals surface area contributed by atoms with Crippen LogP contribution in [0, 0.1) is 6.92 Å². The second-order valence-electron chi connectivity index (χ2n) is 8.96. The quantitative estimate of drug-likeness (QED) is 0.284. The molecule has 5 N–H and O–H groups in total. The summed E-state index contributed by atoms with van der Waals surface area (Å²) < 4.78 is 7.77. The van der Waals surface area contributed by atoms with Gasteiger partial charge >= 0.3 is 5.69 Å². The lowest BCUT2D eigenvalue weighted by atomic mass is 10.1. The van der Waals surface area contributed by atoms with E-state index in [0.717, 1.165) is 62.3 Å². The zero-order valence-corrected chi connectivity index (χ0v) is 20.7. The highest BCUT2D eigenvalue weighted by atomic mass is 16.5. The number of aryl methyl sites for hydroxylation is 1. The van der Waals surface area contributed by atoms with Gasteiger partial charge in [-0.15, -0.1) is 0 Å². The number of anilines is 2. The summed E-state index contributed by atoms with van der Waals surface area (Å²) in [6.07, 6.45) is 8.22. The van der Waals surface area contributed by atoms with E-state index < -0.39 is 0 Å². The Bertz CT molecular complexity index is 1030. The van der Waals surface area contributed by atoms with Crippen molar-refractivity contribution in [2.24, 2.45) is 16.5 Å². The standard InChI is InChI=1S/C21H29N7O2.C4H10/c1-14-5-6-17-16(12-14)25-19-18(30-17)13-28(21(29)26-19)15-4-2-9-27(11-7-15)10-3-8-24-20(22)23;1-3-4-2/h5-6,12-13,15H,2-4,7-11H2,1H3,(H4,22,23,24)(H,25,26,29);3-4H2,1-2H3. The zero-order chi connectivity index (χ0) is 24.5. The summed E-state index contributed by atoms with van der Waals surface area (Å²) in [5.41, 5.74) is 12.5. The van der Waals surface area contributed by atoms with E-state index in [1.807, 2.05) is 25.1 Å². The molecule has 186 valence electrons. The number of ether oxygens (including phenoxy) is 1. The lowest BCUT2D eigenvalue weighted by Crippen LogP contribution is -2.30. The molecule has 3 heterocycles. The van der Waals surface area contributed by atoms with Crippen LogP contribution in [0.25, 0.3) is 0 Å². The summed E-state index contributed by atoms with van der Waals surface area (Å²) in [6, 6.07) is 6.03. The van der Waals surface area contributed by atoms with Gasteiger partial charge in [-0.25, -0.2) is 4.79 Å². The Balaban J connectivity index is 0.000000751. The molecule has 1 aromatic heterocycles. The van der Waals surface area contributed by atoms with Crippen LogP contribution in [0.4, 0.5) is 11.5 Å². The molecule has 0 amide bonds. The van der Waals surface area contributed by atoms with Gasteiger partial charge in [0.15, 0.2) is 23.3 Å². The van der Waals surface area contributed by atoms with Crippen LogP contribution in [0.15, 0.2) is 34.2 Å². The van der Waals surface area contributed by atoms with Crippen molar-refractivity contribution in [2.75, 3.05) is 31.5 Å². The minimum absolute atomic E-state index is 0.112. The predicted octanol–water partition coefficient (Wildman–Crippen LogP) is 3.90. The number of aromatic nitrogens is 2. The molecule has 1 atom stereocenters. The van der Waals surface area contributed by atoms with Crippen molar-refractivity contribution < 1.29 is 4.74 Å². The largest absolute Gasteiger partial charge is 0.450 e. The van der Waals surface area contributed by atoms with Gasteiger partial charge < -0.3 is 26.4 Å². The lowest BCUT2D eigenvalue weighted by molar-refractivity contribution is 0.278. The van der Waals surface area contributed by atoms with Crippen LogP contribution in [0.1, 0.15) is 64.0 Å². The molecule has 4 rings (SSSR count). The number of nitrogens with two attached hydrogens (primary N) is 2. The van der Waals surface area contributed by atoms with Crippen LogP contribution in [-0.4, -0.2) is 46.6 Å². The van der Waals surface area contributed by atoms with Crippen molar-refractivity contribution in [1.29, 1.82) is 0 Å². The second-order valence-corrected chi connectivity index (χ2v) is 8.96. The summed E-state index contributed by atoms with van der Waals surface area (Å²) in [5.74, 6) is 1.95. The van der Waals surface area contributed by atoms with Gasteiger partial charge in [-0.1, -0.05) is 32.8 Å². The molecule has 1 fully saturated rings. The molecule has 0 radical (unpaired) electrons. The van der Waals surface area contributed by atoms with Crippen LogP contribution >= 0.6 is 0 Å². The molecule has 9 nitrogen and oxygen atoms in total. The van der Waals surface area contributed by atoms with Gasteiger partial charge in [0, 0.05) is 19.1 Å². The summed E-state index contributed by atoms with van der Waals surface area (Å²) in [7, 11) is 0. The summed E-state index contributed by atoms with van der Waals surface area (Å²) in [4.78, 5) is 23.5. The average molecular weight is 470 g/mol. The molecule has 2 aromatic rings. The van der Waals surface area contributed by atoms with E-state index in [4.69, 9.17) is 16.2 Å². The fourth-order valence-electron chi connectivity index (χ4n) is 4.10. The molecule has 1 unspecified atom stereocenters. The minimum atomic E-state index is -0.243. The third kappa shape index (κ3) is 6.96. The third-order valence-corrected chi connectivity index (χ3v) is 6.14. The molecule has 1 aromatic carbocycles. The Morgan fingerprint density at radius 3 is 2.74 bits per heavy atom. The number of nitrogens with one attached hydrogen (secondary N) is 1. The highest BCUT2D eigenvalue weighted by Crippen LogP contribution is 2.40. The fraction of sp³-hybridized carbons (Fsp3) is 0.560. The highest BCUT2D eigenvalue weighted by molar-refractivity contribution is 5.75. The molecule has 2 aliphatic heterocycles. The number of hydrogen-bond acceptors (Lipinski definition) is 6. The molecule has 2 aliphatic rings.